The second kappa shape index (κ2) is 6.06. The number of benzene rings is 3. The van der Waals surface area contributed by atoms with Crippen LogP contribution in [0.15, 0.2) is 88.1 Å². The second-order valence-electron chi connectivity index (χ2n) is 5.41. The molecule has 4 rings (SSSR count). The maximum Gasteiger partial charge on any atom is 0.266 e. The van der Waals surface area contributed by atoms with Gasteiger partial charge in [0.15, 0.2) is 0 Å². The summed E-state index contributed by atoms with van der Waals surface area (Å²) in [6.45, 7) is 0. The maximum absolute atomic E-state index is 13.2. The average molecular weight is 377 g/mol. The van der Waals surface area contributed by atoms with Gasteiger partial charge in [-0.15, -0.1) is 0 Å². The molecule has 0 unspecified atom stereocenters. The van der Waals surface area contributed by atoms with E-state index in [-0.39, 0.29) is 5.56 Å². The Morgan fingerprint density at radius 3 is 2.25 bits per heavy atom. The van der Waals surface area contributed by atoms with Gasteiger partial charge in [-0.25, -0.2) is 4.98 Å². The van der Waals surface area contributed by atoms with Gasteiger partial charge < -0.3 is 0 Å². The lowest BCUT2D eigenvalue weighted by atomic mass is 10.1. The smallest absolute Gasteiger partial charge is 0.266 e. The molecule has 4 aromatic rings. The Balaban J connectivity index is 2.16. The second-order valence-corrected chi connectivity index (χ2v) is 6.26. The molecule has 1 heterocycles. The predicted molar refractivity (Wildman–Crippen MR) is 100 cm³/mol. The van der Waals surface area contributed by atoms with E-state index in [1.54, 1.807) is 4.57 Å². The zero-order valence-electron chi connectivity index (χ0n) is 12.7. The lowest BCUT2D eigenvalue weighted by Crippen LogP contribution is -2.22. The van der Waals surface area contributed by atoms with Crippen LogP contribution in [0.25, 0.3) is 28.0 Å². The summed E-state index contributed by atoms with van der Waals surface area (Å²) in [4.78, 5) is 17.9. The summed E-state index contributed by atoms with van der Waals surface area (Å²) < 4.78 is 2.52. The Labute approximate surface area is 147 Å². The summed E-state index contributed by atoms with van der Waals surface area (Å²) >= 11 is 3.55. The lowest BCUT2D eigenvalue weighted by Gasteiger charge is -2.15. The van der Waals surface area contributed by atoms with Crippen molar-refractivity contribution >= 4 is 26.8 Å². The number of hydrogen-bond donors (Lipinski definition) is 0. The van der Waals surface area contributed by atoms with Gasteiger partial charge in [0.25, 0.3) is 5.56 Å². The Kier molecular flexibility index (Phi) is 3.75. The highest BCUT2D eigenvalue weighted by Gasteiger charge is 2.15. The van der Waals surface area contributed by atoms with Crippen LogP contribution >= 0.6 is 15.9 Å². The molecule has 0 radical (unpaired) electrons. The van der Waals surface area contributed by atoms with Gasteiger partial charge >= 0.3 is 0 Å². The fourth-order valence-electron chi connectivity index (χ4n) is 2.77. The van der Waals surface area contributed by atoms with Crippen molar-refractivity contribution in [3.05, 3.63) is 93.7 Å². The van der Waals surface area contributed by atoms with Crippen LogP contribution in [0.5, 0.6) is 0 Å². The van der Waals surface area contributed by atoms with Crippen LogP contribution in [-0.2, 0) is 0 Å². The minimum Gasteiger partial charge on any atom is -0.268 e. The molecule has 0 saturated carbocycles. The van der Waals surface area contributed by atoms with E-state index in [1.165, 1.54) is 0 Å². The Hall–Kier alpha value is -2.72. The molecule has 0 aliphatic heterocycles. The minimum absolute atomic E-state index is 0.0775. The molecule has 0 N–H and O–H groups in total. The summed E-state index contributed by atoms with van der Waals surface area (Å²) in [6, 6.07) is 24.9. The van der Waals surface area contributed by atoms with E-state index in [1.807, 2.05) is 78.9 Å². The van der Waals surface area contributed by atoms with Crippen LogP contribution in [0.4, 0.5) is 0 Å². The lowest BCUT2D eigenvalue weighted by molar-refractivity contribution is 0.970. The number of nitrogens with zero attached hydrogens (tertiary/aromatic N) is 2. The molecule has 0 amide bonds. The summed E-state index contributed by atoms with van der Waals surface area (Å²) in [5.74, 6) is 0.631. The molecule has 0 bridgehead atoms. The average Bonchev–Trinajstić information content (AvgIpc) is 2.63. The Bertz CT molecular complexity index is 1090. The quantitative estimate of drug-likeness (QED) is 0.502. The van der Waals surface area contributed by atoms with Crippen molar-refractivity contribution in [3.8, 4) is 17.1 Å². The monoisotopic (exact) mass is 376 g/mol. The van der Waals surface area contributed by atoms with Gasteiger partial charge in [-0.05, 0) is 40.2 Å². The molecule has 3 aromatic carbocycles. The van der Waals surface area contributed by atoms with E-state index >= 15 is 0 Å². The number of hydrogen-bond acceptors (Lipinski definition) is 2. The van der Waals surface area contributed by atoms with Crippen LogP contribution in [0.1, 0.15) is 0 Å². The molecule has 0 fully saturated rings. The van der Waals surface area contributed by atoms with Crippen LogP contribution < -0.4 is 5.56 Å². The van der Waals surface area contributed by atoms with E-state index in [0.29, 0.717) is 16.7 Å². The number of rotatable bonds is 2. The van der Waals surface area contributed by atoms with E-state index in [0.717, 1.165) is 15.7 Å². The highest BCUT2D eigenvalue weighted by atomic mass is 79.9. The molecule has 0 atom stereocenters. The third-order valence-electron chi connectivity index (χ3n) is 3.90. The van der Waals surface area contributed by atoms with Crippen molar-refractivity contribution in [2.45, 2.75) is 0 Å². The fraction of sp³-hybridized carbons (Fsp3) is 0. The first-order valence-electron chi connectivity index (χ1n) is 7.58. The molecular formula is C20H13BrN2O. The Morgan fingerprint density at radius 2 is 1.46 bits per heavy atom. The number of para-hydroxylation sites is 2. The van der Waals surface area contributed by atoms with Gasteiger partial charge in [-0.3, -0.25) is 9.36 Å². The Morgan fingerprint density at radius 1 is 0.792 bits per heavy atom. The third kappa shape index (κ3) is 2.45. The van der Waals surface area contributed by atoms with Crippen LogP contribution in [0, 0.1) is 0 Å². The summed E-state index contributed by atoms with van der Waals surface area (Å²) in [5.41, 5.74) is 2.30. The van der Waals surface area contributed by atoms with Crippen molar-refractivity contribution < 1.29 is 0 Å². The maximum atomic E-state index is 13.2. The molecule has 0 spiro atoms. The zero-order chi connectivity index (χ0) is 16.5. The van der Waals surface area contributed by atoms with Crippen LogP contribution in [0.2, 0.25) is 0 Å². The highest BCUT2D eigenvalue weighted by molar-refractivity contribution is 9.10. The molecule has 0 saturated heterocycles. The van der Waals surface area contributed by atoms with E-state index in [2.05, 4.69) is 15.9 Å². The van der Waals surface area contributed by atoms with Crippen molar-refractivity contribution in [2.75, 3.05) is 0 Å². The first-order chi connectivity index (χ1) is 11.8. The number of halogens is 1. The largest absolute Gasteiger partial charge is 0.268 e. The molecule has 24 heavy (non-hydrogen) atoms. The molecule has 0 aliphatic carbocycles. The molecular weight excluding hydrogens is 364 g/mol. The fourth-order valence-corrected chi connectivity index (χ4v) is 3.23. The molecule has 0 aliphatic rings. The minimum atomic E-state index is -0.0775. The topological polar surface area (TPSA) is 34.9 Å². The van der Waals surface area contributed by atoms with Crippen molar-refractivity contribution in [3.63, 3.8) is 0 Å². The predicted octanol–water partition coefficient (Wildman–Crippen LogP) is 4.82. The van der Waals surface area contributed by atoms with Crippen molar-refractivity contribution in [1.29, 1.82) is 0 Å². The summed E-state index contributed by atoms with van der Waals surface area (Å²) in [7, 11) is 0. The van der Waals surface area contributed by atoms with E-state index in [9.17, 15) is 4.79 Å². The first-order valence-corrected chi connectivity index (χ1v) is 8.37. The summed E-state index contributed by atoms with van der Waals surface area (Å²) in [6.07, 6.45) is 0. The van der Waals surface area contributed by atoms with E-state index in [4.69, 9.17) is 4.98 Å². The zero-order valence-corrected chi connectivity index (χ0v) is 14.3. The first kappa shape index (κ1) is 14.8. The van der Waals surface area contributed by atoms with E-state index < -0.39 is 0 Å². The normalized spacial score (nSPS) is 10.9. The SMILES string of the molecule is O=c1c2ccccc2nc(-c2ccccc2)n1-c1ccccc1Br. The van der Waals surface area contributed by atoms with Crippen LogP contribution in [0.3, 0.4) is 0 Å². The van der Waals surface area contributed by atoms with Gasteiger partial charge in [0.1, 0.15) is 5.82 Å². The van der Waals surface area contributed by atoms with Crippen molar-refractivity contribution in [1.82, 2.24) is 9.55 Å². The molecule has 1 aromatic heterocycles. The van der Waals surface area contributed by atoms with Crippen LogP contribution in [-0.4, -0.2) is 9.55 Å². The third-order valence-corrected chi connectivity index (χ3v) is 4.57. The van der Waals surface area contributed by atoms with Gasteiger partial charge in [-0.2, -0.15) is 0 Å². The molecule has 116 valence electrons. The highest BCUT2D eigenvalue weighted by Crippen LogP contribution is 2.26. The van der Waals surface area contributed by atoms with Gasteiger partial charge in [0.05, 0.1) is 16.6 Å². The van der Waals surface area contributed by atoms with Gasteiger partial charge in [-0.1, -0.05) is 54.6 Å². The molecule has 4 heteroatoms. The number of fused-ring (bicyclic) bond motifs is 1. The summed E-state index contributed by atoms with van der Waals surface area (Å²) in [5, 5.41) is 0.605. The van der Waals surface area contributed by atoms with Gasteiger partial charge in [0, 0.05) is 10.0 Å². The van der Waals surface area contributed by atoms with Crippen molar-refractivity contribution in [2.24, 2.45) is 0 Å². The van der Waals surface area contributed by atoms with Gasteiger partial charge in [0.2, 0.25) is 0 Å². The molecule has 3 nitrogen and oxygen atoms in total. The standard InChI is InChI=1S/C20H13BrN2O/c21-16-11-5-7-13-18(16)23-19(14-8-2-1-3-9-14)22-17-12-6-4-10-15(17)20(23)24/h1-13H. The number of aromatic nitrogens is 2.